The maximum absolute atomic E-state index is 12.9. The highest BCUT2D eigenvalue weighted by Crippen LogP contribution is 2.40. The van der Waals surface area contributed by atoms with Gasteiger partial charge in [-0.05, 0) is 278 Å². The summed E-state index contributed by atoms with van der Waals surface area (Å²) < 4.78 is 112. The summed E-state index contributed by atoms with van der Waals surface area (Å²) in [5.41, 5.74) is 29.0. The van der Waals surface area contributed by atoms with E-state index in [4.69, 9.17) is 5.73 Å². The number of aromatic nitrogens is 1. The third-order valence-electron chi connectivity index (χ3n) is 17.7. The first kappa shape index (κ1) is 73.3. The summed E-state index contributed by atoms with van der Waals surface area (Å²) >= 11 is 0. The Morgan fingerprint density at radius 1 is 0.376 bits per heavy atom. The second kappa shape index (κ2) is 31.0. The Morgan fingerprint density at radius 2 is 0.673 bits per heavy atom. The molecule has 9 aromatic rings. The summed E-state index contributed by atoms with van der Waals surface area (Å²) in [6.45, 7) is 18.6. The van der Waals surface area contributed by atoms with E-state index in [1.807, 2.05) is 108 Å². The van der Waals surface area contributed by atoms with Gasteiger partial charge in [0.1, 0.15) is 0 Å². The molecule has 13 rings (SSSR count). The molecule has 8 aromatic carbocycles. The molecule has 1 heterocycles. The summed E-state index contributed by atoms with van der Waals surface area (Å²) in [4.78, 5) is 27.7. The number of para-hydroxylation sites is 1. The number of amides is 3. The number of nitrogens with one attached hydrogen (secondary N) is 7. The number of carbonyl (C=O) groups is 2. The first-order valence-corrected chi connectivity index (χ1v) is 38.5. The number of nitrogens with zero attached hydrogens (tertiary/aromatic N) is 1. The lowest BCUT2D eigenvalue weighted by molar-refractivity contribution is -0.119. The fourth-order valence-electron chi connectivity index (χ4n) is 12.6. The monoisotopic (exact) mass is 1430 g/mol. The third kappa shape index (κ3) is 17.4. The molecular weight excluding hydrogens is 1350 g/mol. The molecule has 1 aromatic heterocycles. The van der Waals surface area contributed by atoms with E-state index in [1.54, 1.807) is 72.8 Å². The Balaban J connectivity index is 0.000000147. The van der Waals surface area contributed by atoms with E-state index in [1.165, 1.54) is 71.4 Å². The maximum Gasteiger partial charge on any atom is 0.323 e. The van der Waals surface area contributed by atoms with E-state index >= 15 is 0 Å². The second-order valence-electron chi connectivity index (χ2n) is 25.0. The SMILES string of the molecule is CC(=O)NCc1ccc(S(=O)(=O)Nc2ccc(C)c3c2CC=C3C)cc1.CC1=CCc2c(NS(=O)(=O)c3ccc(CN)cc3)ccc(C)c21.CC1=CCc2c(NS(=O)(=O)c3ccc(NC(=O)Nc4ccccc4)cc3)ccc(C)c21.CC1=CCc2c(NS(=O)(=O)c3ccncc3)ccc(C)c21. The molecule has 0 spiro atoms. The van der Waals surface area contributed by atoms with Crippen LogP contribution in [0.4, 0.5) is 38.9 Å². The van der Waals surface area contributed by atoms with Crippen LogP contribution in [0, 0.1) is 27.7 Å². The van der Waals surface area contributed by atoms with Gasteiger partial charge in [0.15, 0.2) is 0 Å². The number of carbonyl (C=O) groups excluding carboxylic acids is 2. The molecule has 0 fully saturated rings. The number of benzene rings is 8. The number of urea groups is 1. The van der Waals surface area contributed by atoms with Crippen molar-refractivity contribution in [1.29, 1.82) is 0 Å². The van der Waals surface area contributed by atoms with Crippen molar-refractivity contribution in [3.63, 3.8) is 0 Å². The number of hydrogen-bond acceptors (Lipinski definition) is 12. The van der Waals surface area contributed by atoms with Gasteiger partial charge in [-0.25, -0.2) is 38.5 Å². The zero-order valence-corrected chi connectivity index (χ0v) is 60.8. The molecule has 19 nitrogen and oxygen atoms in total. The number of rotatable bonds is 17. The van der Waals surface area contributed by atoms with E-state index in [2.05, 4.69) is 78.0 Å². The number of anilines is 6. The van der Waals surface area contributed by atoms with Gasteiger partial charge >= 0.3 is 6.03 Å². The van der Waals surface area contributed by atoms with Gasteiger partial charge in [0, 0.05) is 43.8 Å². The Kier molecular flexibility index (Phi) is 22.5. The first-order valence-electron chi connectivity index (χ1n) is 32.6. The van der Waals surface area contributed by atoms with Crippen LogP contribution in [0.15, 0.2) is 220 Å². The molecule has 0 saturated heterocycles. The van der Waals surface area contributed by atoms with Gasteiger partial charge in [0.2, 0.25) is 5.91 Å². The molecule has 0 bridgehead atoms. The first-order chi connectivity index (χ1) is 48.0. The zero-order valence-electron chi connectivity index (χ0n) is 57.5. The van der Waals surface area contributed by atoms with E-state index < -0.39 is 46.1 Å². The molecule has 4 aliphatic carbocycles. The third-order valence-corrected chi connectivity index (χ3v) is 23.3. The molecule has 3 amide bonds. The maximum atomic E-state index is 12.9. The molecule has 522 valence electrons. The van der Waals surface area contributed by atoms with Crippen LogP contribution in [-0.4, -0.2) is 50.6 Å². The quantitative estimate of drug-likeness (QED) is 0.0422. The number of fused-ring (bicyclic) bond motifs is 4. The van der Waals surface area contributed by atoms with Gasteiger partial charge in [-0.1, -0.05) is 91.0 Å². The molecule has 23 heteroatoms. The summed E-state index contributed by atoms with van der Waals surface area (Å²) in [6, 6.07) is 45.9. The molecule has 0 aliphatic heterocycles. The van der Waals surface area contributed by atoms with E-state index in [0.717, 1.165) is 91.6 Å². The molecule has 9 N–H and O–H groups in total. The molecule has 0 radical (unpaired) electrons. The molecular formula is C78H81N9O10S4. The van der Waals surface area contributed by atoms with Crippen LogP contribution in [0.25, 0.3) is 22.3 Å². The van der Waals surface area contributed by atoms with Crippen LogP contribution in [0.3, 0.4) is 0 Å². The largest absolute Gasteiger partial charge is 0.352 e. The van der Waals surface area contributed by atoms with Crippen LogP contribution in [0.2, 0.25) is 0 Å². The number of aryl methyl sites for hydroxylation is 4. The Bertz CT molecular complexity index is 5280. The fraction of sp³-hybridized carbons (Fsp3) is 0.192. The molecule has 0 atom stereocenters. The molecule has 101 heavy (non-hydrogen) atoms. The normalized spacial score (nSPS) is 13.2. The summed E-state index contributed by atoms with van der Waals surface area (Å²) in [6.07, 6.45) is 14.4. The Morgan fingerprint density at radius 3 is 0.990 bits per heavy atom. The van der Waals surface area contributed by atoms with Crippen LogP contribution in [0.1, 0.15) is 113 Å². The minimum atomic E-state index is -3.76. The van der Waals surface area contributed by atoms with Gasteiger partial charge < -0.3 is 21.7 Å². The van der Waals surface area contributed by atoms with Crippen molar-refractivity contribution in [3.05, 3.63) is 278 Å². The highest BCUT2D eigenvalue weighted by molar-refractivity contribution is 7.93. The predicted molar refractivity (Wildman–Crippen MR) is 405 cm³/mol. The zero-order chi connectivity index (χ0) is 72.6. The Hall–Kier alpha value is -10.4. The highest BCUT2D eigenvalue weighted by atomic mass is 32.2. The molecule has 0 saturated carbocycles. The number of pyridine rings is 1. The highest BCUT2D eigenvalue weighted by Gasteiger charge is 2.26. The summed E-state index contributed by atoms with van der Waals surface area (Å²) in [7, 11) is -14.6. The second-order valence-corrected chi connectivity index (χ2v) is 31.7. The van der Waals surface area contributed by atoms with Crippen molar-refractivity contribution in [1.82, 2.24) is 10.3 Å². The summed E-state index contributed by atoms with van der Waals surface area (Å²) in [5.74, 6) is -0.125. The van der Waals surface area contributed by atoms with Crippen molar-refractivity contribution in [2.75, 3.05) is 29.5 Å². The van der Waals surface area contributed by atoms with Gasteiger partial charge in [0.25, 0.3) is 40.1 Å². The fourth-order valence-corrected chi connectivity index (χ4v) is 17.0. The Labute approximate surface area is 592 Å². The van der Waals surface area contributed by atoms with Crippen molar-refractivity contribution in [2.45, 2.75) is 121 Å². The van der Waals surface area contributed by atoms with Gasteiger partial charge in [0.05, 0.1) is 42.3 Å². The van der Waals surface area contributed by atoms with Crippen molar-refractivity contribution >= 4 is 108 Å². The minimum absolute atomic E-state index is 0.124. The summed E-state index contributed by atoms with van der Waals surface area (Å²) in [5, 5.41) is 8.09. The molecule has 0 unspecified atom stereocenters. The van der Waals surface area contributed by atoms with E-state index in [9.17, 15) is 43.3 Å². The minimum Gasteiger partial charge on any atom is -0.352 e. The van der Waals surface area contributed by atoms with Crippen LogP contribution < -0.4 is 40.6 Å². The number of hydrogen-bond donors (Lipinski definition) is 8. The van der Waals surface area contributed by atoms with Gasteiger partial charge in [-0.2, -0.15) is 0 Å². The number of sulfonamides is 4. The lowest BCUT2D eigenvalue weighted by atomic mass is 9.99. The lowest BCUT2D eigenvalue weighted by Gasteiger charge is -2.15. The van der Waals surface area contributed by atoms with Crippen LogP contribution in [-0.2, 0) is 83.7 Å². The van der Waals surface area contributed by atoms with E-state index in [-0.39, 0.29) is 25.5 Å². The average molecular weight is 1430 g/mol. The van der Waals surface area contributed by atoms with Crippen molar-refractivity contribution in [2.24, 2.45) is 5.73 Å². The van der Waals surface area contributed by atoms with E-state index in [0.29, 0.717) is 53.6 Å². The van der Waals surface area contributed by atoms with Crippen LogP contribution in [0.5, 0.6) is 0 Å². The van der Waals surface area contributed by atoms with Gasteiger partial charge in [-0.15, -0.1) is 0 Å². The molecule has 4 aliphatic rings. The van der Waals surface area contributed by atoms with Crippen molar-refractivity contribution < 1.29 is 43.3 Å². The standard InChI is InChI=1S/C24H23N3O3S.C20H22N2O3S.C18H20N2O2S.C16H16N2O2S/c1-16-8-14-21-22(15-9-17(2)23(16)21)27-31(29,30)20-12-10-19(11-13-20)26-24(28)25-18-6-4-3-5-7-18;1-13-4-10-18-19(11-5-14(2)20(13)18)22-26(24,25)17-8-6-16(7-9-17)12-21-15(3)23;1-12-3-9-16-17(10-4-13(2)18(12)16)20-23(21,22)15-7-5-14(11-19)6-8-15;1-11-3-5-14-15(6-4-12(2)16(11)14)18-21(19,20)13-7-9-17-10-8-13/h3-13,15,27H,14H2,1-2H3,(H2,25,26,28);4-9,11,22H,10,12H2,1-3H3,(H,21,23);3-8,10,20H,9,11,19H2,1-2H3;3-4,6-10,18H,5H2,1-2H3. The number of nitrogens with two attached hydrogens (primary N) is 1. The smallest absolute Gasteiger partial charge is 0.323 e. The topological polar surface area (TPSA) is 294 Å². The van der Waals surface area contributed by atoms with Crippen molar-refractivity contribution in [3.8, 4) is 0 Å². The predicted octanol–water partition coefficient (Wildman–Crippen LogP) is 15.2. The van der Waals surface area contributed by atoms with Gasteiger partial charge in [-0.3, -0.25) is 28.7 Å². The average Bonchev–Trinajstić information content (AvgIpc) is 1.73. The number of allylic oxidation sites excluding steroid dienone is 8. The lowest BCUT2D eigenvalue weighted by Crippen LogP contribution is -2.19. The van der Waals surface area contributed by atoms with Crippen LogP contribution >= 0.6 is 0 Å².